The first-order chi connectivity index (χ1) is 11.2. The van der Waals surface area contributed by atoms with Gasteiger partial charge in [-0.15, -0.1) is 0 Å². The molecule has 0 saturated heterocycles. The van der Waals surface area contributed by atoms with Crippen molar-refractivity contribution >= 4 is 15.9 Å². The van der Waals surface area contributed by atoms with Gasteiger partial charge in [0, 0.05) is 18.0 Å². The van der Waals surface area contributed by atoms with E-state index in [0.717, 1.165) is 15.6 Å². The van der Waals surface area contributed by atoms with Crippen LogP contribution >= 0.6 is 15.9 Å². The van der Waals surface area contributed by atoms with Gasteiger partial charge in [-0.05, 0) is 47.1 Å². The molecule has 3 aromatic rings. The van der Waals surface area contributed by atoms with Gasteiger partial charge >= 0.3 is 0 Å². The number of ether oxygens (including phenoxy) is 2. The van der Waals surface area contributed by atoms with Crippen LogP contribution < -0.4 is 9.47 Å². The number of methoxy groups -OCH3 is 1. The van der Waals surface area contributed by atoms with E-state index in [-0.39, 0.29) is 0 Å². The molecule has 1 aromatic carbocycles. The van der Waals surface area contributed by atoms with Crippen LogP contribution in [-0.2, 0) is 0 Å². The van der Waals surface area contributed by atoms with Gasteiger partial charge in [0.25, 0.3) is 5.89 Å². The van der Waals surface area contributed by atoms with Crippen LogP contribution in [0, 0.1) is 0 Å². The first kappa shape index (κ1) is 15.5. The third kappa shape index (κ3) is 3.19. The first-order valence-corrected chi connectivity index (χ1v) is 7.77. The Hall–Kier alpha value is -2.41. The molecule has 0 amide bonds. The predicted molar refractivity (Wildman–Crippen MR) is 88.4 cm³/mol. The number of benzene rings is 1. The molecule has 6 nitrogen and oxygen atoms in total. The van der Waals surface area contributed by atoms with E-state index in [1.54, 1.807) is 19.5 Å². The molecule has 0 aliphatic rings. The van der Waals surface area contributed by atoms with Gasteiger partial charge in [0.1, 0.15) is 0 Å². The highest BCUT2D eigenvalue weighted by Gasteiger charge is 2.16. The molecule has 23 heavy (non-hydrogen) atoms. The van der Waals surface area contributed by atoms with Crippen molar-refractivity contribution in [3.63, 3.8) is 0 Å². The second kappa shape index (κ2) is 6.78. The van der Waals surface area contributed by atoms with E-state index >= 15 is 0 Å². The topological polar surface area (TPSA) is 70.3 Å². The summed E-state index contributed by atoms with van der Waals surface area (Å²) in [5, 5.41) is 4.03. The molecule has 0 spiro atoms. The van der Waals surface area contributed by atoms with Gasteiger partial charge in [0.15, 0.2) is 11.5 Å². The van der Waals surface area contributed by atoms with Crippen molar-refractivity contribution in [2.75, 3.05) is 13.7 Å². The van der Waals surface area contributed by atoms with Crippen LogP contribution in [0.1, 0.15) is 6.92 Å². The molecule has 0 bridgehead atoms. The highest BCUT2D eigenvalue weighted by molar-refractivity contribution is 9.10. The molecular formula is C16H14BrN3O3. The van der Waals surface area contributed by atoms with Gasteiger partial charge < -0.3 is 14.0 Å². The van der Waals surface area contributed by atoms with Crippen molar-refractivity contribution in [3.05, 3.63) is 41.1 Å². The summed E-state index contributed by atoms with van der Waals surface area (Å²) in [5.74, 6) is 2.13. The summed E-state index contributed by atoms with van der Waals surface area (Å²) < 4.78 is 17.0. The quantitative estimate of drug-likeness (QED) is 0.671. The van der Waals surface area contributed by atoms with Crippen LogP contribution in [0.4, 0.5) is 0 Å². The molecule has 2 aromatic heterocycles. The lowest BCUT2D eigenvalue weighted by Crippen LogP contribution is -1.97. The minimum Gasteiger partial charge on any atom is -0.492 e. The Kier molecular flexibility index (Phi) is 4.57. The summed E-state index contributed by atoms with van der Waals surface area (Å²) in [7, 11) is 1.59. The van der Waals surface area contributed by atoms with Crippen molar-refractivity contribution < 1.29 is 14.0 Å². The monoisotopic (exact) mass is 375 g/mol. The van der Waals surface area contributed by atoms with Gasteiger partial charge in [0.05, 0.1) is 23.8 Å². The van der Waals surface area contributed by atoms with Crippen LogP contribution in [-0.4, -0.2) is 28.8 Å². The SMILES string of the molecule is CCOc1cc(-c2noc(-c3cccnc3)n2)cc(Br)c1OC. The average molecular weight is 376 g/mol. The Morgan fingerprint density at radius 2 is 2.13 bits per heavy atom. The molecular weight excluding hydrogens is 362 g/mol. The molecule has 2 heterocycles. The van der Waals surface area contributed by atoms with Crippen molar-refractivity contribution in [1.82, 2.24) is 15.1 Å². The van der Waals surface area contributed by atoms with Crippen molar-refractivity contribution in [3.8, 4) is 34.3 Å². The van der Waals surface area contributed by atoms with E-state index in [9.17, 15) is 0 Å². The van der Waals surface area contributed by atoms with Gasteiger partial charge in [0.2, 0.25) is 5.82 Å². The fraction of sp³-hybridized carbons (Fsp3) is 0.188. The van der Waals surface area contributed by atoms with Crippen LogP contribution in [0.25, 0.3) is 22.8 Å². The fourth-order valence-corrected chi connectivity index (χ4v) is 2.71. The highest BCUT2D eigenvalue weighted by Crippen LogP contribution is 2.39. The predicted octanol–water partition coefficient (Wildman–Crippen LogP) is 3.97. The van der Waals surface area contributed by atoms with Gasteiger partial charge in [-0.25, -0.2) is 0 Å². The number of rotatable bonds is 5. The lowest BCUT2D eigenvalue weighted by atomic mass is 10.2. The summed E-state index contributed by atoms with van der Waals surface area (Å²) in [5.41, 5.74) is 1.53. The summed E-state index contributed by atoms with van der Waals surface area (Å²) in [6, 6.07) is 7.36. The zero-order valence-corrected chi connectivity index (χ0v) is 14.2. The molecule has 3 rings (SSSR count). The smallest absolute Gasteiger partial charge is 0.259 e. The Morgan fingerprint density at radius 1 is 1.26 bits per heavy atom. The molecule has 0 unspecified atom stereocenters. The maximum absolute atomic E-state index is 5.61. The van der Waals surface area contributed by atoms with Crippen molar-refractivity contribution in [1.29, 1.82) is 0 Å². The second-order valence-corrected chi connectivity index (χ2v) is 5.44. The van der Waals surface area contributed by atoms with Gasteiger partial charge in [-0.3, -0.25) is 4.98 Å². The minimum atomic E-state index is 0.415. The molecule has 0 atom stereocenters. The minimum absolute atomic E-state index is 0.415. The van der Waals surface area contributed by atoms with Crippen molar-refractivity contribution in [2.24, 2.45) is 0 Å². The molecule has 0 radical (unpaired) electrons. The van der Waals surface area contributed by atoms with E-state index in [4.69, 9.17) is 14.0 Å². The Morgan fingerprint density at radius 3 is 2.83 bits per heavy atom. The summed E-state index contributed by atoms with van der Waals surface area (Å²) in [6.07, 6.45) is 3.36. The van der Waals surface area contributed by atoms with Gasteiger partial charge in [-0.2, -0.15) is 4.98 Å². The lowest BCUT2D eigenvalue weighted by Gasteiger charge is -2.11. The average Bonchev–Trinajstić information content (AvgIpc) is 3.06. The van der Waals surface area contributed by atoms with Crippen LogP contribution in [0.2, 0.25) is 0 Å². The number of hydrogen-bond donors (Lipinski definition) is 0. The Bertz CT molecular complexity index is 806. The van der Waals surface area contributed by atoms with E-state index in [1.165, 1.54) is 0 Å². The molecule has 0 aliphatic heterocycles. The Balaban J connectivity index is 2.01. The van der Waals surface area contributed by atoms with E-state index in [0.29, 0.717) is 29.8 Å². The largest absolute Gasteiger partial charge is 0.492 e. The summed E-state index contributed by atoms with van der Waals surface area (Å²) >= 11 is 3.48. The zero-order chi connectivity index (χ0) is 16.2. The molecule has 0 fully saturated rings. The third-order valence-electron chi connectivity index (χ3n) is 3.11. The number of nitrogens with zero attached hydrogens (tertiary/aromatic N) is 3. The number of halogens is 1. The molecule has 118 valence electrons. The molecule has 0 aliphatic carbocycles. The highest BCUT2D eigenvalue weighted by atomic mass is 79.9. The maximum atomic E-state index is 5.61. The number of hydrogen-bond acceptors (Lipinski definition) is 6. The van der Waals surface area contributed by atoms with Gasteiger partial charge in [-0.1, -0.05) is 5.16 Å². The maximum Gasteiger partial charge on any atom is 0.259 e. The van der Waals surface area contributed by atoms with Crippen LogP contribution in [0.3, 0.4) is 0 Å². The van der Waals surface area contributed by atoms with E-state index < -0.39 is 0 Å². The van der Waals surface area contributed by atoms with Crippen LogP contribution in [0.15, 0.2) is 45.7 Å². The first-order valence-electron chi connectivity index (χ1n) is 6.97. The fourth-order valence-electron chi connectivity index (χ4n) is 2.11. The zero-order valence-electron chi connectivity index (χ0n) is 12.6. The molecule has 0 N–H and O–H groups in total. The van der Waals surface area contributed by atoms with E-state index in [2.05, 4.69) is 31.1 Å². The Labute approximate surface area is 141 Å². The number of aromatic nitrogens is 3. The molecule has 0 saturated carbocycles. The summed E-state index contributed by atoms with van der Waals surface area (Å²) in [4.78, 5) is 8.46. The lowest BCUT2D eigenvalue weighted by molar-refractivity contribution is 0.310. The van der Waals surface area contributed by atoms with Crippen molar-refractivity contribution in [2.45, 2.75) is 6.92 Å². The third-order valence-corrected chi connectivity index (χ3v) is 3.70. The number of pyridine rings is 1. The van der Waals surface area contributed by atoms with Crippen LogP contribution in [0.5, 0.6) is 11.5 Å². The second-order valence-electron chi connectivity index (χ2n) is 4.59. The summed E-state index contributed by atoms with van der Waals surface area (Å²) in [6.45, 7) is 2.44. The standard InChI is InChI=1S/C16H14BrN3O3/c1-3-22-13-8-11(7-12(17)14(13)21-2)15-19-16(23-20-15)10-5-4-6-18-9-10/h4-9H,3H2,1-2H3. The molecule has 7 heteroatoms. The van der Waals surface area contributed by atoms with E-state index in [1.807, 2.05) is 31.2 Å². The normalized spacial score (nSPS) is 10.6.